The Kier molecular flexibility index (Phi) is 4.98. The average Bonchev–Trinajstić information content (AvgIpc) is 2.67. The summed E-state index contributed by atoms with van der Waals surface area (Å²) >= 11 is 5.98. The molecule has 2 aliphatic rings. The van der Waals surface area contributed by atoms with Crippen molar-refractivity contribution in [2.45, 2.75) is 31.8 Å². The minimum absolute atomic E-state index is 0.0343. The number of hydrogen-bond donors (Lipinski definition) is 0. The summed E-state index contributed by atoms with van der Waals surface area (Å²) in [6.45, 7) is 3.12. The third kappa shape index (κ3) is 3.83. The van der Waals surface area contributed by atoms with Gasteiger partial charge >= 0.3 is 0 Å². The number of piperidine rings is 1. The number of likely N-dealkylation sites (tertiary alicyclic amines) is 1. The largest absolute Gasteiger partial charge is 0.486 e. The van der Waals surface area contributed by atoms with Gasteiger partial charge in [-0.2, -0.15) is 0 Å². The molecule has 1 amide bonds. The Morgan fingerprint density at radius 1 is 1.18 bits per heavy atom. The van der Waals surface area contributed by atoms with Crippen LogP contribution in [0.3, 0.4) is 0 Å². The van der Waals surface area contributed by atoms with Gasteiger partial charge in [-0.1, -0.05) is 35.4 Å². The van der Waals surface area contributed by atoms with Crippen molar-refractivity contribution in [1.82, 2.24) is 4.90 Å². The van der Waals surface area contributed by atoms with Crippen molar-refractivity contribution in [1.29, 1.82) is 0 Å². The first kappa shape index (κ1) is 18.8. The lowest BCUT2D eigenvalue weighted by Gasteiger charge is -2.43. The molecule has 2 aromatic carbocycles. The van der Waals surface area contributed by atoms with Gasteiger partial charge in [0.05, 0.1) is 12.0 Å². The maximum absolute atomic E-state index is 12.6. The van der Waals surface area contributed by atoms with Crippen molar-refractivity contribution >= 4 is 29.4 Å². The van der Waals surface area contributed by atoms with Crippen molar-refractivity contribution in [3.05, 3.63) is 70.3 Å². The van der Waals surface area contributed by atoms with Gasteiger partial charge in [0.15, 0.2) is 5.78 Å². The molecule has 0 radical (unpaired) electrons. The second-order valence-electron chi connectivity index (χ2n) is 7.60. The summed E-state index contributed by atoms with van der Waals surface area (Å²) in [5.74, 6) is 0.765. The van der Waals surface area contributed by atoms with E-state index in [1.165, 1.54) is 0 Å². The van der Waals surface area contributed by atoms with E-state index in [9.17, 15) is 9.59 Å². The second kappa shape index (κ2) is 7.44. The summed E-state index contributed by atoms with van der Waals surface area (Å²) in [5.41, 5.74) is 2.13. The van der Waals surface area contributed by atoms with E-state index in [4.69, 9.17) is 16.3 Å². The number of Topliss-reactive ketones (excluding diaryl/α,β-unsaturated/α-hetero) is 1. The van der Waals surface area contributed by atoms with Crippen molar-refractivity contribution in [3.8, 4) is 5.75 Å². The monoisotopic (exact) mass is 395 g/mol. The Morgan fingerprint density at radius 2 is 1.96 bits per heavy atom. The zero-order chi connectivity index (χ0) is 19.7. The maximum Gasteiger partial charge on any atom is 0.246 e. The highest BCUT2D eigenvalue weighted by molar-refractivity contribution is 6.30. The summed E-state index contributed by atoms with van der Waals surface area (Å²) in [5, 5.41) is 0.643. The van der Waals surface area contributed by atoms with Gasteiger partial charge in [-0.15, -0.1) is 0 Å². The molecule has 0 saturated carbocycles. The van der Waals surface area contributed by atoms with Gasteiger partial charge in [-0.25, -0.2) is 0 Å². The normalized spacial score (nSPS) is 18.2. The van der Waals surface area contributed by atoms with Crippen LogP contribution in [0, 0.1) is 6.92 Å². The van der Waals surface area contributed by atoms with Gasteiger partial charge < -0.3 is 9.64 Å². The number of benzene rings is 2. The van der Waals surface area contributed by atoms with Gasteiger partial charge in [0, 0.05) is 37.0 Å². The quantitative estimate of drug-likeness (QED) is 0.693. The highest BCUT2D eigenvalue weighted by atomic mass is 35.5. The van der Waals surface area contributed by atoms with Crippen molar-refractivity contribution in [3.63, 3.8) is 0 Å². The van der Waals surface area contributed by atoms with Crippen LogP contribution in [0.2, 0.25) is 5.02 Å². The van der Waals surface area contributed by atoms with E-state index < -0.39 is 5.60 Å². The van der Waals surface area contributed by atoms with Crippen LogP contribution < -0.4 is 4.74 Å². The molecule has 0 aliphatic carbocycles. The molecule has 0 bridgehead atoms. The lowest BCUT2D eigenvalue weighted by atomic mass is 9.82. The highest BCUT2D eigenvalue weighted by Crippen LogP contribution is 2.39. The molecule has 2 aliphatic heterocycles. The Bertz CT molecular complexity index is 958. The number of ether oxygens (including phenoxy) is 1. The third-order valence-electron chi connectivity index (χ3n) is 5.50. The van der Waals surface area contributed by atoms with Gasteiger partial charge in [0.2, 0.25) is 5.91 Å². The molecule has 1 saturated heterocycles. The van der Waals surface area contributed by atoms with Crippen LogP contribution in [-0.2, 0) is 4.79 Å². The molecule has 144 valence electrons. The summed E-state index contributed by atoms with van der Waals surface area (Å²) in [7, 11) is 0. The van der Waals surface area contributed by atoms with E-state index in [-0.39, 0.29) is 11.7 Å². The number of amides is 1. The molecular formula is C23H22ClNO3. The molecule has 1 spiro atoms. The number of carbonyl (C=O) groups is 2. The summed E-state index contributed by atoms with van der Waals surface area (Å²) in [6.07, 6.45) is 5.04. The van der Waals surface area contributed by atoms with E-state index in [1.807, 2.05) is 48.2 Å². The molecule has 0 aromatic heterocycles. The number of hydrogen-bond acceptors (Lipinski definition) is 3. The third-order valence-corrected chi connectivity index (χ3v) is 5.73. The van der Waals surface area contributed by atoms with Crippen LogP contribution in [0.5, 0.6) is 5.75 Å². The number of ketones is 1. The second-order valence-corrected chi connectivity index (χ2v) is 8.03. The fourth-order valence-corrected chi connectivity index (χ4v) is 4.10. The topological polar surface area (TPSA) is 46.6 Å². The zero-order valence-corrected chi connectivity index (χ0v) is 16.5. The SMILES string of the molecule is Cc1ccc2c(c1)C(=O)CC1(CCN(C(=O)/C=C/c3cccc(Cl)c3)CC1)O2. The molecule has 0 unspecified atom stereocenters. The fourth-order valence-electron chi connectivity index (χ4n) is 3.90. The zero-order valence-electron chi connectivity index (χ0n) is 15.8. The minimum Gasteiger partial charge on any atom is -0.486 e. The minimum atomic E-state index is -0.493. The number of rotatable bonds is 2. The first-order valence-electron chi connectivity index (χ1n) is 9.50. The van der Waals surface area contributed by atoms with E-state index >= 15 is 0 Å². The smallest absolute Gasteiger partial charge is 0.246 e. The lowest BCUT2D eigenvalue weighted by Crippen LogP contribution is -2.52. The lowest BCUT2D eigenvalue weighted by molar-refractivity contribution is -0.129. The highest BCUT2D eigenvalue weighted by Gasteiger charge is 2.43. The van der Waals surface area contributed by atoms with Crippen molar-refractivity contribution in [2.24, 2.45) is 0 Å². The predicted molar refractivity (Wildman–Crippen MR) is 110 cm³/mol. The van der Waals surface area contributed by atoms with Crippen LogP contribution in [0.1, 0.15) is 40.7 Å². The molecule has 2 aromatic rings. The first-order chi connectivity index (χ1) is 13.4. The van der Waals surface area contributed by atoms with E-state index in [0.717, 1.165) is 11.1 Å². The number of fused-ring (bicyclic) bond motifs is 1. The summed E-state index contributed by atoms with van der Waals surface area (Å²) in [6, 6.07) is 13.1. The maximum atomic E-state index is 12.6. The number of carbonyl (C=O) groups excluding carboxylic acids is 2. The number of halogens is 1. The Balaban J connectivity index is 1.41. The summed E-state index contributed by atoms with van der Waals surface area (Å²) in [4.78, 5) is 27.0. The van der Waals surface area contributed by atoms with Crippen LogP contribution >= 0.6 is 11.6 Å². The van der Waals surface area contributed by atoms with E-state index in [2.05, 4.69) is 0 Å². The van der Waals surface area contributed by atoms with E-state index in [1.54, 1.807) is 18.2 Å². The molecule has 2 heterocycles. The average molecular weight is 396 g/mol. The number of aryl methyl sites for hydroxylation is 1. The van der Waals surface area contributed by atoms with Gasteiger partial charge in [-0.05, 0) is 42.8 Å². The fraction of sp³-hybridized carbons (Fsp3) is 0.304. The summed E-state index contributed by atoms with van der Waals surface area (Å²) < 4.78 is 6.26. The van der Waals surface area contributed by atoms with Crippen LogP contribution in [0.4, 0.5) is 0 Å². The van der Waals surface area contributed by atoms with Crippen LogP contribution in [0.15, 0.2) is 48.5 Å². The van der Waals surface area contributed by atoms with Gasteiger partial charge in [0.1, 0.15) is 11.4 Å². The Morgan fingerprint density at radius 3 is 2.71 bits per heavy atom. The molecule has 4 nitrogen and oxygen atoms in total. The van der Waals surface area contributed by atoms with Crippen molar-refractivity contribution in [2.75, 3.05) is 13.1 Å². The first-order valence-corrected chi connectivity index (χ1v) is 9.87. The molecule has 5 heteroatoms. The standard InChI is InChI=1S/C23H22ClNO3/c1-16-5-7-21-19(13-16)20(26)15-23(28-21)9-11-25(12-10-23)22(27)8-6-17-3-2-4-18(24)14-17/h2-8,13-14H,9-12,15H2,1H3/b8-6+. The van der Waals surface area contributed by atoms with Crippen LogP contribution in [0.25, 0.3) is 6.08 Å². The van der Waals surface area contributed by atoms with Gasteiger partial charge in [0.25, 0.3) is 0 Å². The molecule has 1 fully saturated rings. The van der Waals surface area contributed by atoms with Crippen molar-refractivity contribution < 1.29 is 14.3 Å². The molecular weight excluding hydrogens is 374 g/mol. The Hall–Kier alpha value is -2.59. The Labute approximate surface area is 169 Å². The van der Waals surface area contributed by atoms with Gasteiger partial charge in [-0.3, -0.25) is 9.59 Å². The molecule has 4 rings (SSSR count). The molecule has 0 atom stereocenters. The van der Waals surface area contributed by atoms with Crippen LogP contribution in [-0.4, -0.2) is 35.3 Å². The number of nitrogens with zero attached hydrogens (tertiary/aromatic N) is 1. The predicted octanol–water partition coefficient (Wildman–Crippen LogP) is 4.69. The van der Waals surface area contributed by atoms with E-state index in [0.29, 0.717) is 48.7 Å². The molecule has 0 N–H and O–H groups in total. The molecule has 28 heavy (non-hydrogen) atoms.